The van der Waals surface area contributed by atoms with Crippen LogP contribution in [0.25, 0.3) is 0 Å². The average Bonchev–Trinajstić information content (AvgIpc) is 2.67. The normalized spacial score (nSPS) is 11.8. The number of hydrogen-bond donors (Lipinski definition) is 2. The summed E-state index contributed by atoms with van der Waals surface area (Å²) in [4.78, 5) is 17.2. The number of nitrogens with zero attached hydrogens (tertiary/aromatic N) is 1. The Morgan fingerprint density at radius 1 is 1.08 bits per heavy atom. The minimum absolute atomic E-state index is 0.146. The number of aromatic nitrogens is 1. The Kier molecular flexibility index (Phi) is 6.00. The number of amides is 1. The lowest BCUT2D eigenvalue weighted by Crippen LogP contribution is -2.33. The van der Waals surface area contributed by atoms with Crippen LogP contribution < -0.4 is 10.6 Å². The zero-order valence-corrected chi connectivity index (χ0v) is 15.2. The topological polar surface area (TPSA) is 54.0 Å². The fourth-order valence-electron chi connectivity index (χ4n) is 2.60. The lowest BCUT2D eigenvalue weighted by atomic mass is 10.1. The first kappa shape index (κ1) is 18.1. The van der Waals surface area contributed by atoms with Crippen molar-refractivity contribution in [1.82, 2.24) is 10.3 Å². The second-order valence-corrected chi connectivity index (χ2v) is 6.41. The molecule has 0 bridgehead atoms. The van der Waals surface area contributed by atoms with Crippen molar-refractivity contribution in [2.24, 2.45) is 0 Å². The molecule has 26 heavy (non-hydrogen) atoms. The van der Waals surface area contributed by atoms with Crippen molar-refractivity contribution in [2.45, 2.75) is 19.5 Å². The molecule has 2 aromatic carbocycles. The van der Waals surface area contributed by atoms with Crippen LogP contribution in [0.4, 0.5) is 5.69 Å². The predicted octanol–water partition coefficient (Wildman–Crippen LogP) is 4.51. The molecule has 0 saturated heterocycles. The molecule has 1 amide bonds. The minimum Gasteiger partial charge on any atom is -0.324 e. The molecule has 1 atom stereocenters. The molecule has 0 radical (unpaired) electrons. The number of benzene rings is 2. The Morgan fingerprint density at radius 2 is 1.85 bits per heavy atom. The van der Waals surface area contributed by atoms with E-state index in [1.165, 1.54) is 0 Å². The van der Waals surface area contributed by atoms with Gasteiger partial charge >= 0.3 is 0 Å². The van der Waals surface area contributed by atoms with Gasteiger partial charge in [-0.3, -0.25) is 15.1 Å². The van der Waals surface area contributed by atoms with Gasteiger partial charge in [0, 0.05) is 23.5 Å². The molecule has 1 heterocycles. The van der Waals surface area contributed by atoms with Gasteiger partial charge in [0.05, 0.1) is 5.69 Å². The van der Waals surface area contributed by atoms with Crippen LogP contribution >= 0.6 is 11.6 Å². The fraction of sp³-hybridized carbons (Fsp3) is 0.143. The van der Waals surface area contributed by atoms with Crippen molar-refractivity contribution in [1.29, 1.82) is 0 Å². The summed E-state index contributed by atoms with van der Waals surface area (Å²) in [6.45, 7) is 2.41. The number of anilines is 1. The largest absolute Gasteiger partial charge is 0.324 e. The molecule has 0 aliphatic carbocycles. The molecule has 0 unspecified atom stereocenters. The molecule has 0 saturated carbocycles. The van der Waals surface area contributed by atoms with Crippen LogP contribution in [-0.4, -0.2) is 10.9 Å². The van der Waals surface area contributed by atoms with Gasteiger partial charge in [-0.15, -0.1) is 0 Å². The Bertz CT molecular complexity index is 869. The summed E-state index contributed by atoms with van der Waals surface area (Å²) in [5.41, 5.74) is 3.41. The van der Waals surface area contributed by atoms with Crippen LogP contribution in [0.15, 0.2) is 72.9 Å². The van der Waals surface area contributed by atoms with E-state index in [4.69, 9.17) is 11.6 Å². The van der Waals surface area contributed by atoms with Gasteiger partial charge in [0.25, 0.3) is 0 Å². The van der Waals surface area contributed by atoms with Crippen LogP contribution in [0, 0.1) is 6.92 Å². The van der Waals surface area contributed by atoms with Crippen molar-refractivity contribution in [3.8, 4) is 0 Å². The van der Waals surface area contributed by atoms with E-state index in [0.29, 0.717) is 17.3 Å². The molecule has 0 aliphatic rings. The molecule has 3 rings (SSSR count). The van der Waals surface area contributed by atoms with Gasteiger partial charge in [0.15, 0.2) is 0 Å². The summed E-state index contributed by atoms with van der Waals surface area (Å²) in [5.74, 6) is -0.146. The van der Waals surface area contributed by atoms with E-state index in [0.717, 1.165) is 16.8 Å². The van der Waals surface area contributed by atoms with Gasteiger partial charge in [-0.05, 0) is 42.3 Å². The molecule has 0 fully saturated rings. The van der Waals surface area contributed by atoms with Crippen molar-refractivity contribution in [3.05, 3.63) is 94.8 Å². The Morgan fingerprint density at radius 3 is 2.54 bits per heavy atom. The van der Waals surface area contributed by atoms with Crippen molar-refractivity contribution >= 4 is 23.2 Å². The number of rotatable bonds is 6. The van der Waals surface area contributed by atoms with E-state index >= 15 is 0 Å². The van der Waals surface area contributed by atoms with E-state index in [2.05, 4.69) is 15.6 Å². The number of aryl methyl sites for hydroxylation is 1. The second kappa shape index (κ2) is 8.61. The van der Waals surface area contributed by atoms with Crippen molar-refractivity contribution in [3.63, 3.8) is 0 Å². The standard InChI is InChI=1S/C21H20ClN3O/c1-15-10-11-17(13-19(15)22)25-21(26)20(16-7-3-2-4-8-16)24-14-18-9-5-6-12-23-18/h2-13,20,24H,14H2,1H3,(H,25,26)/t20-/m0/s1. The minimum atomic E-state index is -0.502. The van der Waals surface area contributed by atoms with Crippen LogP contribution in [-0.2, 0) is 11.3 Å². The number of halogens is 1. The van der Waals surface area contributed by atoms with E-state index in [-0.39, 0.29) is 5.91 Å². The summed E-state index contributed by atoms with van der Waals surface area (Å²) in [7, 11) is 0. The number of carbonyl (C=O) groups excluding carboxylic acids is 1. The third-order valence-electron chi connectivity index (χ3n) is 4.05. The maximum atomic E-state index is 12.9. The third-order valence-corrected chi connectivity index (χ3v) is 4.46. The van der Waals surface area contributed by atoms with Gasteiger partial charge in [0.2, 0.25) is 5.91 Å². The number of hydrogen-bond acceptors (Lipinski definition) is 3. The van der Waals surface area contributed by atoms with E-state index in [9.17, 15) is 4.79 Å². The summed E-state index contributed by atoms with van der Waals surface area (Å²) in [6, 6.07) is 20.3. The highest BCUT2D eigenvalue weighted by Gasteiger charge is 2.20. The molecular formula is C21H20ClN3O. The number of pyridine rings is 1. The van der Waals surface area contributed by atoms with E-state index < -0.39 is 6.04 Å². The second-order valence-electron chi connectivity index (χ2n) is 6.00. The van der Waals surface area contributed by atoms with Gasteiger partial charge in [-0.2, -0.15) is 0 Å². The lowest BCUT2D eigenvalue weighted by molar-refractivity contribution is -0.118. The van der Waals surface area contributed by atoms with E-state index in [1.54, 1.807) is 12.3 Å². The highest BCUT2D eigenvalue weighted by atomic mass is 35.5. The molecule has 2 N–H and O–H groups in total. The Hall–Kier alpha value is -2.69. The molecular weight excluding hydrogens is 346 g/mol. The summed E-state index contributed by atoms with van der Waals surface area (Å²) >= 11 is 6.16. The molecule has 3 aromatic rings. The first-order valence-electron chi connectivity index (χ1n) is 8.39. The predicted molar refractivity (Wildman–Crippen MR) is 105 cm³/mol. The van der Waals surface area contributed by atoms with Gasteiger partial charge in [-0.25, -0.2) is 0 Å². The number of carbonyl (C=O) groups is 1. The van der Waals surface area contributed by atoms with Crippen LogP contribution in [0.3, 0.4) is 0 Å². The summed E-state index contributed by atoms with van der Waals surface area (Å²) < 4.78 is 0. The first-order chi connectivity index (χ1) is 12.6. The Labute approximate surface area is 158 Å². The molecule has 0 spiro atoms. The smallest absolute Gasteiger partial charge is 0.246 e. The van der Waals surface area contributed by atoms with Gasteiger partial charge < -0.3 is 5.32 Å². The monoisotopic (exact) mass is 365 g/mol. The van der Waals surface area contributed by atoms with Crippen molar-refractivity contribution in [2.75, 3.05) is 5.32 Å². The zero-order valence-electron chi connectivity index (χ0n) is 14.4. The molecule has 0 aliphatic heterocycles. The SMILES string of the molecule is Cc1ccc(NC(=O)[C@@H](NCc2ccccn2)c2ccccc2)cc1Cl. The van der Waals surface area contributed by atoms with Gasteiger partial charge in [-0.1, -0.05) is 54.1 Å². The summed E-state index contributed by atoms with van der Waals surface area (Å²) in [5, 5.41) is 6.85. The van der Waals surface area contributed by atoms with E-state index in [1.807, 2.05) is 67.6 Å². The Balaban J connectivity index is 1.77. The molecule has 1 aromatic heterocycles. The maximum Gasteiger partial charge on any atom is 0.246 e. The fourth-order valence-corrected chi connectivity index (χ4v) is 2.78. The highest BCUT2D eigenvalue weighted by Crippen LogP contribution is 2.22. The summed E-state index contributed by atoms with van der Waals surface area (Å²) in [6.07, 6.45) is 1.74. The number of nitrogens with one attached hydrogen (secondary N) is 2. The lowest BCUT2D eigenvalue weighted by Gasteiger charge is -2.19. The third kappa shape index (κ3) is 4.69. The molecule has 4 nitrogen and oxygen atoms in total. The van der Waals surface area contributed by atoms with Crippen LogP contribution in [0.2, 0.25) is 5.02 Å². The quantitative estimate of drug-likeness (QED) is 0.675. The van der Waals surface area contributed by atoms with Crippen molar-refractivity contribution < 1.29 is 4.79 Å². The molecule has 132 valence electrons. The van der Waals surface area contributed by atoms with Gasteiger partial charge in [0.1, 0.15) is 6.04 Å². The highest BCUT2D eigenvalue weighted by molar-refractivity contribution is 6.31. The zero-order chi connectivity index (χ0) is 18.4. The van der Waals surface area contributed by atoms with Crippen LogP contribution in [0.1, 0.15) is 22.9 Å². The maximum absolute atomic E-state index is 12.9. The molecule has 5 heteroatoms. The average molecular weight is 366 g/mol. The van der Waals surface area contributed by atoms with Crippen LogP contribution in [0.5, 0.6) is 0 Å². The first-order valence-corrected chi connectivity index (χ1v) is 8.76.